The van der Waals surface area contributed by atoms with E-state index in [9.17, 15) is 4.79 Å². The molecule has 1 saturated heterocycles. The van der Waals surface area contributed by atoms with Crippen molar-refractivity contribution in [2.24, 2.45) is 0 Å². The zero-order chi connectivity index (χ0) is 10.7. The van der Waals surface area contributed by atoms with Crippen LogP contribution in [0.2, 0.25) is 0 Å². The van der Waals surface area contributed by atoms with E-state index in [1.54, 1.807) is 12.1 Å². The van der Waals surface area contributed by atoms with Crippen molar-refractivity contribution in [3.63, 3.8) is 0 Å². The fourth-order valence-corrected chi connectivity index (χ4v) is 1.77. The molecule has 1 N–H and O–H groups in total. The normalized spacial score (nSPS) is 26.5. The van der Waals surface area contributed by atoms with Crippen molar-refractivity contribution in [3.05, 3.63) is 24.2 Å². The predicted molar refractivity (Wildman–Crippen MR) is 54.9 cm³/mol. The Hall–Kier alpha value is -1.13. The van der Waals surface area contributed by atoms with Crippen LogP contribution in [0.3, 0.4) is 0 Å². The third-order valence-corrected chi connectivity index (χ3v) is 2.43. The summed E-state index contributed by atoms with van der Waals surface area (Å²) >= 11 is 0. The topological polar surface area (TPSA) is 51.5 Å². The number of rotatable bonds is 3. The molecule has 1 aromatic rings. The fourth-order valence-electron chi connectivity index (χ4n) is 1.77. The van der Waals surface area contributed by atoms with E-state index in [4.69, 9.17) is 9.15 Å². The Morgan fingerprint density at radius 2 is 2.47 bits per heavy atom. The molecule has 0 bridgehead atoms. The first-order valence-electron chi connectivity index (χ1n) is 5.16. The molecule has 2 rings (SSSR count). The first-order valence-corrected chi connectivity index (χ1v) is 5.16. The highest BCUT2D eigenvalue weighted by molar-refractivity contribution is 5.93. The molecule has 4 heteroatoms. The summed E-state index contributed by atoms with van der Waals surface area (Å²) in [6.45, 7) is 3.35. The highest BCUT2D eigenvalue weighted by Crippen LogP contribution is 2.09. The maximum Gasteiger partial charge on any atom is 0.199 e. The van der Waals surface area contributed by atoms with Gasteiger partial charge in [0.2, 0.25) is 0 Å². The van der Waals surface area contributed by atoms with E-state index in [0.717, 1.165) is 0 Å². The lowest BCUT2D eigenvalue weighted by molar-refractivity contribution is 0.0458. The molecule has 15 heavy (non-hydrogen) atoms. The lowest BCUT2D eigenvalue weighted by Gasteiger charge is -2.28. The van der Waals surface area contributed by atoms with Gasteiger partial charge < -0.3 is 14.5 Å². The second kappa shape index (κ2) is 4.59. The van der Waals surface area contributed by atoms with Gasteiger partial charge >= 0.3 is 0 Å². The van der Waals surface area contributed by atoms with Crippen LogP contribution in [-0.4, -0.2) is 31.1 Å². The predicted octanol–water partition coefficient (Wildman–Crippen LogP) is 1.23. The zero-order valence-corrected chi connectivity index (χ0v) is 8.73. The molecule has 1 aliphatic rings. The Kier molecular flexibility index (Phi) is 3.18. The number of ketones is 1. The molecule has 1 aliphatic heterocycles. The van der Waals surface area contributed by atoms with Gasteiger partial charge in [0.05, 0.1) is 19.5 Å². The number of nitrogens with one attached hydrogen (secondary N) is 1. The van der Waals surface area contributed by atoms with Crippen LogP contribution in [0, 0.1) is 0 Å². The van der Waals surface area contributed by atoms with Gasteiger partial charge in [0, 0.05) is 18.5 Å². The number of furan rings is 1. The van der Waals surface area contributed by atoms with Gasteiger partial charge in [0.15, 0.2) is 11.5 Å². The summed E-state index contributed by atoms with van der Waals surface area (Å²) in [5.74, 6) is 0.449. The van der Waals surface area contributed by atoms with Gasteiger partial charge in [-0.1, -0.05) is 0 Å². The second-order valence-electron chi connectivity index (χ2n) is 3.91. The SMILES string of the molecule is CC1COCC(CC(=O)c2ccco2)N1. The van der Waals surface area contributed by atoms with Gasteiger partial charge in [-0.25, -0.2) is 0 Å². The van der Waals surface area contributed by atoms with Gasteiger partial charge in [-0.15, -0.1) is 0 Å². The Morgan fingerprint density at radius 1 is 1.60 bits per heavy atom. The van der Waals surface area contributed by atoms with Gasteiger partial charge in [-0.05, 0) is 19.1 Å². The average Bonchev–Trinajstić information content (AvgIpc) is 2.70. The Labute approximate surface area is 88.6 Å². The van der Waals surface area contributed by atoms with Gasteiger partial charge in [0.25, 0.3) is 0 Å². The van der Waals surface area contributed by atoms with Crippen molar-refractivity contribution in [1.29, 1.82) is 0 Å². The van der Waals surface area contributed by atoms with Crippen molar-refractivity contribution >= 4 is 5.78 Å². The maximum atomic E-state index is 11.7. The molecule has 2 unspecified atom stereocenters. The Bertz CT molecular complexity index is 321. The summed E-state index contributed by atoms with van der Waals surface area (Å²) in [6.07, 6.45) is 1.94. The third-order valence-electron chi connectivity index (χ3n) is 2.43. The minimum absolute atomic E-state index is 0.0233. The van der Waals surface area contributed by atoms with Gasteiger partial charge in [0.1, 0.15) is 0 Å². The van der Waals surface area contributed by atoms with Crippen LogP contribution >= 0.6 is 0 Å². The lowest BCUT2D eigenvalue weighted by atomic mass is 10.1. The van der Waals surface area contributed by atoms with Crippen LogP contribution in [0.4, 0.5) is 0 Å². The molecule has 2 heterocycles. The quantitative estimate of drug-likeness (QED) is 0.761. The van der Waals surface area contributed by atoms with Crippen molar-refractivity contribution in [2.75, 3.05) is 13.2 Å². The minimum atomic E-state index is 0.0233. The van der Waals surface area contributed by atoms with E-state index in [1.807, 2.05) is 6.92 Å². The first kappa shape index (κ1) is 10.4. The van der Waals surface area contributed by atoms with Crippen LogP contribution in [0.5, 0.6) is 0 Å². The molecule has 82 valence electrons. The smallest absolute Gasteiger partial charge is 0.199 e. The second-order valence-corrected chi connectivity index (χ2v) is 3.91. The number of ether oxygens (including phenoxy) is 1. The van der Waals surface area contributed by atoms with E-state index < -0.39 is 0 Å². The first-order chi connectivity index (χ1) is 7.25. The lowest BCUT2D eigenvalue weighted by Crippen LogP contribution is -2.48. The van der Waals surface area contributed by atoms with Crippen molar-refractivity contribution in [2.45, 2.75) is 25.4 Å². The highest BCUT2D eigenvalue weighted by atomic mass is 16.5. The molecule has 1 aromatic heterocycles. The number of hydrogen-bond donors (Lipinski definition) is 1. The van der Waals surface area contributed by atoms with E-state index in [2.05, 4.69) is 5.32 Å². The van der Waals surface area contributed by atoms with Gasteiger partial charge in [-0.2, -0.15) is 0 Å². The van der Waals surface area contributed by atoms with E-state index in [-0.39, 0.29) is 11.8 Å². The van der Waals surface area contributed by atoms with Crippen LogP contribution in [0.1, 0.15) is 23.9 Å². The zero-order valence-electron chi connectivity index (χ0n) is 8.73. The number of hydrogen-bond acceptors (Lipinski definition) is 4. The summed E-state index contributed by atoms with van der Waals surface area (Å²) in [4.78, 5) is 11.7. The molecule has 0 radical (unpaired) electrons. The molecule has 0 amide bonds. The number of Topliss-reactive ketones (excluding diaryl/α,β-unsaturated/α-hetero) is 1. The number of carbonyl (C=O) groups excluding carboxylic acids is 1. The Balaban J connectivity index is 1.89. The van der Waals surface area contributed by atoms with Crippen LogP contribution in [-0.2, 0) is 4.74 Å². The molecule has 0 spiro atoms. The average molecular weight is 209 g/mol. The summed E-state index contributed by atoms with van der Waals surface area (Å²) < 4.78 is 10.4. The summed E-state index contributed by atoms with van der Waals surface area (Å²) in [6, 6.07) is 3.83. The third kappa shape index (κ3) is 2.67. The van der Waals surface area contributed by atoms with Crippen LogP contribution in [0.15, 0.2) is 22.8 Å². The standard InChI is InChI=1S/C11H15NO3/c1-8-6-14-7-9(12-8)5-10(13)11-3-2-4-15-11/h2-4,8-9,12H,5-7H2,1H3. The molecule has 0 aliphatic carbocycles. The van der Waals surface area contributed by atoms with E-state index in [0.29, 0.717) is 31.4 Å². The van der Waals surface area contributed by atoms with Crippen molar-refractivity contribution in [1.82, 2.24) is 5.32 Å². The molecule has 2 atom stereocenters. The molecule has 4 nitrogen and oxygen atoms in total. The molecule has 0 aromatic carbocycles. The summed E-state index contributed by atoms with van der Waals surface area (Å²) in [7, 11) is 0. The molecular weight excluding hydrogens is 194 g/mol. The highest BCUT2D eigenvalue weighted by Gasteiger charge is 2.22. The maximum absolute atomic E-state index is 11.7. The minimum Gasteiger partial charge on any atom is -0.461 e. The van der Waals surface area contributed by atoms with Crippen LogP contribution in [0.25, 0.3) is 0 Å². The number of carbonyl (C=O) groups is 1. The van der Waals surface area contributed by atoms with E-state index in [1.165, 1.54) is 6.26 Å². The van der Waals surface area contributed by atoms with Crippen molar-refractivity contribution < 1.29 is 13.9 Å². The molecular formula is C11H15NO3. The monoisotopic (exact) mass is 209 g/mol. The molecule has 1 fully saturated rings. The largest absolute Gasteiger partial charge is 0.461 e. The van der Waals surface area contributed by atoms with Crippen LogP contribution < -0.4 is 5.32 Å². The van der Waals surface area contributed by atoms with E-state index >= 15 is 0 Å². The fraction of sp³-hybridized carbons (Fsp3) is 0.545. The number of morpholine rings is 1. The Morgan fingerprint density at radius 3 is 3.13 bits per heavy atom. The molecule has 0 saturated carbocycles. The van der Waals surface area contributed by atoms with Gasteiger partial charge in [-0.3, -0.25) is 4.79 Å². The summed E-state index contributed by atoms with van der Waals surface area (Å²) in [5, 5.41) is 3.32. The van der Waals surface area contributed by atoms with Crippen molar-refractivity contribution in [3.8, 4) is 0 Å². The summed E-state index contributed by atoms with van der Waals surface area (Å²) in [5.41, 5.74) is 0.